The highest BCUT2D eigenvalue weighted by molar-refractivity contribution is 6.16. The first-order valence-electron chi connectivity index (χ1n) is 3.93. The fourth-order valence-electron chi connectivity index (χ4n) is 1.05. The first kappa shape index (κ1) is 10.0. The summed E-state index contributed by atoms with van der Waals surface area (Å²) in [7, 11) is 0. The molecule has 1 rings (SSSR count). The van der Waals surface area contributed by atoms with E-state index in [-0.39, 0.29) is 0 Å². The van der Waals surface area contributed by atoms with E-state index in [4.69, 9.17) is 0 Å². The number of rotatable bonds is 0. The van der Waals surface area contributed by atoms with Gasteiger partial charge in [0.15, 0.2) is 0 Å². The zero-order chi connectivity index (χ0) is 10.6. The second-order valence-electron chi connectivity index (χ2n) is 2.58. The molecule has 0 bridgehead atoms. The summed E-state index contributed by atoms with van der Waals surface area (Å²) in [6.45, 7) is 3.19. The average molecular weight is 188 g/mol. The molecule has 0 saturated heterocycles. The summed E-state index contributed by atoms with van der Waals surface area (Å²) in [5.74, 6) is 9.91. The van der Waals surface area contributed by atoms with E-state index in [1.165, 1.54) is 6.21 Å². The maximum absolute atomic E-state index is 11.5. The van der Waals surface area contributed by atoms with Gasteiger partial charge in [-0.25, -0.2) is 9.79 Å². The third kappa shape index (κ3) is 1.65. The molecule has 70 valence electrons. The van der Waals surface area contributed by atoms with Gasteiger partial charge in [0.25, 0.3) is 5.91 Å². The normalized spacial score (nSPS) is 17.3. The summed E-state index contributed by atoms with van der Waals surface area (Å²) < 4.78 is 0. The Bertz CT molecular complexity index is 407. The maximum Gasteiger partial charge on any atom is 0.347 e. The van der Waals surface area contributed by atoms with Crippen LogP contribution in [0.1, 0.15) is 13.8 Å². The number of nitrogens with zero attached hydrogens (tertiary/aromatic N) is 1. The zero-order valence-corrected chi connectivity index (χ0v) is 7.84. The lowest BCUT2D eigenvalue weighted by atomic mass is 9.89. The summed E-state index contributed by atoms with van der Waals surface area (Å²) in [5.41, 5.74) is -1.27. The molecule has 0 radical (unpaired) electrons. The van der Waals surface area contributed by atoms with E-state index in [2.05, 4.69) is 34.0 Å². The number of amides is 3. The lowest BCUT2D eigenvalue weighted by Crippen LogP contribution is -2.46. The number of carbonyl (C=O) groups is 2. The predicted molar refractivity (Wildman–Crippen MR) is 51.4 cm³/mol. The molecule has 4 heteroatoms. The van der Waals surface area contributed by atoms with E-state index in [1.807, 2.05) is 0 Å². The quantitative estimate of drug-likeness (QED) is 0.557. The van der Waals surface area contributed by atoms with Crippen molar-refractivity contribution in [1.82, 2.24) is 5.32 Å². The molecule has 0 aromatic rings. The third-order valence-electron chi connectivity index (χ3n) is 1.60. The molecule has 4 nitrogen and oxygen atoms in total. The average Bonchev–Trinajstić information content (AvgIpc) is 2.13. The van der Waals surface area contributed by atoms with Crippen molar-refractivity contribution >= 4 is 18.2 Å². The van der Waals surface area contributed by atoms with Crippen molar-refractivity contribution in [3.05, 3.63) is 0 Å². The van der Waals surface area contributed by atoms with Gasteiger partial charge in [-0.1, -0.05) is 11.8 Å². The van der Waals surface area contributed by atoms with Crippen LogP contribution in [0, 0.1) is 29.1 Å². The number of hydrogen-bond acceptors (Lipinski definition) is 2. The van der Waals surface area contributed by atoms with Crippen molar-refractivity contribution in [2.75, 3.05) is 0 Å². The highest BCUT2D eigenvalue weighted by Gasteiger charge is 2.37. The van der Waals surface area contributed by atoms with Gasteiger partial charge in [-0.05, 0) is 13.8 Å². The SMILES string of the molecule is CC#CC1(C#CC)C=NC(=O)NC1=O. The molecule has 1 aliphatic heterocycles. The molecule has 3 amide bonds. The van der Waals surface area contributed by atoms with Crippen molar-refractivity contribution in [3.8, 4) is 23.7 Å². The third-order valence-corrected chi connectivity index (χ3v) is 1.60. The minimum atomic E-state index is -1.27. The van der Waals surface area contributed by atoms with E-state index in [1.54, 1.807) is 13.8 Å². The standard InChI is InChI=1S/C10H8N2O2/c1-3-5-10(6-4-2)7-11-9(14)12-8(10)13/h7H,1-2H3,(H,12,13,14). The van der Waals surface area contributed by atoms with Crippen molar-refractivity contribution in [1.29, 1.82) is 0 Å². The van der Waals surface area contributed by atoms with Crippen molar-refractivity contribution in [2.24, 2.45) is 10.4 Å². The van der Waals surface area contributed by atoms with Crippen LogP contribution in [0.15, 0.2) is 4.99 Å². The van der Waals surface area contributed by atoms with Crippen LogP contribution in [0.3, 0.4) is 0 Å². The van der Waals surface area contributed by atoms with Gasteiger partial charge in [-0.15, -0.1) is 11.8 Å². The lowest BCUT2D eigenvalue weighted by Gasteiger charge is -2.18. The van der Waals surface area contributed by atoms with E-state index >= 15 is 0 Å². The largest absolute Gasteiger partial charge is 0.347 e. The Morgan fingerprint density at radius 1 is 1.29 bits per heavy atom. The van der Waals surface area contributed by atoms with Gasteiger partial charge in [-0.3, -0.25) is 10.1 Å². The monoisotopic (exact) mass is 188 g/mol. The molecule has 0 aromatic carbocycles. The predicted octanol–water partition coefficient (Wildman–Crippen LogP) is 0.340. The van der Waals surface area contributed by atoms with Gasteiger partial charge in [-0.2, -0.15) is 0 Å². The van der Waals surface area contributed by atoms with Gasteiger partial charge < -0.3 is 0 Å². The van der Waals surface area contributed by atoms with Crippen LogP contribution < -0.4 is 5.32 Å². The van der Waals surface area contributed by atoms with Gasteiger partial charge in [0.2, 0.25) is 5.41 Å². The first-order chi connectivity index (χ1) is 6.64. The van der Waals surface area contributed by atoms with Crippen LogP contribution in [0.2, 0.25) is 0 Å². The topological polar surface area (TPSA) is 58.5 Å². The molecule has 0 aliphatic carbocycles. The van der Waals surface area contributed by atoms with Crippen LogP contribution in [0.5, 0.6) is 0 Å². The fourth-order valence-corrected chi connectivity index (χ4v) is 1.05. The number of nitrogens with one attached hydrogen (secondary N) is 1. The number of carbonyl (C=O) groups excluding carboxylic acids is 2. The minimum Gasteiger partial charge on any atom is -0.274 e. The zero-order valence-electron chi connectivity index (χ0n) is 7.84. The Hall–Kier alpha value is -2.07. The second kappa shape index (κ2) is 3.76. The van der Waals surface area contributed by atoms with E-state index < -0.39 is 17.4 Å². The Kier molecular flexibility index (Phi) is 2.69. The Labute approximate surface area is 81.8 Å². The Morgan fingerprint density at radius 2 is 1.86 bits per heavy atom. The van der Waals surface area contributed by atoms with Crippen LogP contribution in [0.25, 0.3) is 0 Å². The summed E-state index contributed by atoms with van der Waals surface area (Å²) in [4.78, 5) is 25.7. The molecule has 0 fully saturated rings. The van der Waals surface area contributed by atoms with Crippen LogP contribution in [-0.4, -0.2) is 18.2 Å². The Balaban J connectivity index is 3.25. The fraction of sp³-hybridized carbons (Fsp3) is 0.300. The molecule has 0 unspecified atom stereocenters. The van der Waals surface area contributed by atoms with Crippen molar-refractivity contribution < 1.29 is 9.59 Å². The van der Waals surface area contributed by atoms with E-state index in [0.29, 0.717) is 0 Å². The van der Waals surface area contributed by atoms with Crippen LogP contribution >= 0.6 is 0 Å². The number of aliphatic imine (C=N–C) groups is 1. The van der Waals surface area contributed by atoms with E-state index in [9.17, 15) is 9.59 Å². The smallest absolute Gasteiger partial charge is 0.274 e. The van der Waals surface area contributed by atoms with Crippen LogP contribution in [0.4, 0.5) is 4.79 Å². The van der Waals surface area contributed by atoms with Crippen molar-refractivity contribution in [3.63, 3.8) is 0 Å². The molecular weight excluding hydrogens is 180 g/mol. The highest BCUT2D eigenvalue weighted by Crippen LogP contribution is 2.15. The summed E-state index contributed by atoms with van der Waals surface area (Å²) >= 11 is 0. The second-order valence-corrected chi connectivity index (χ2v) is 2.58. The number of imide groups is 1. The van der Waals surface area contributed by atoms with E-state index in [0.717, 1.165) is 0 Å². The molecule has 0 aromatic heterocycles. The van der Waals surface area contributed by atoms with Gasteiger partial charge in [0, 0.05) is 6.21 Å². The van der Waals surface area contributed by atoms with Gasteiger partial charge in [0.05, 0.1) is 0 Å². The molecule has 1 heterocycles. The molecule has 0 atom stereocenters. The molecular formula is C10H8N2O2. The Morgan fingerprint density at radius 3 is 2.29 bits per heavy atom. The molecule has 1 N–H and O–H groups in total. The summed E-state index contributed by atoms with van der Waals surface area (Å²) in [5, 5.41) is 2.06. The molecule has 0 spiro atoms. The number of urea groups is 1. The summed E-state index contributed by atoms with van der Waals surface area (Å²) in [6, 6.07) is -0.679. The van der Waals surface area contributed by atoms with Gasteiger partial charge in [0.1, 0.15) is 0 Å². The highest BCUT2D eigenvalue weighted by atomic mass is 16.2. The molecule has 0 saturated carbocycles. The minimum absolute atomic E-state index is 0.541. The maximum atomic E-state index is 11.5. The van der Waals surface area contributed by atoms with Crippen molar-refractivity contribution in [2.45, 2.75) is 13.8 Å². The lowest BCUT2D eigenvalue weighted by molar-refractivity contribution is -0.122. The van der Waals surface area contributed by atoms with Gasteiger partial charge >= 0.3 is 6.03 Å². The van der Waals surface area contributed by atoms with Crippen LogP contribution in [-0.2, 0) is 4.79 Å². The summed E-state index contributed by atoms with van der Waals surface area (Å²) in [6.07, 6.45) is 1.18. The molecule has 14 heavy (non-hydrogen) atoms. The first-order valence-corrected chi connectivity index (χ1v) is 3.93. The number of hydrogen-bond donors (Lipinski definition) is 1. The molecule has 1 aliphatic rings.